The third-order valence-corrected chi connectivity index (χ3v) is 3.32. The highest BCUT2D eigenvalue weighted by Crippen LogP contribution is 2.30. The van der Waals surface area contributed by atoms with Gasteiger partial charge in [-0.3, -0.25) is 4.79 Å². The van der Waals surface area contributed by atoms with Crippen molar-refractivity contribution in [2.45, 2.75) is 6.61 Å². The van der Waals surface area contributed by atoms with Crippen molar-refractivity contribution in [3.63, 3.8) is 0 Å². The van der Waals surface area contributed by atoms with Gasteiger partial charge in [-0.2, -0.15) is 14.0 Å². The van der Waals surface area contributed by atoms with Crippen LogP contribution in [-0.4, -0.2) is 19.6 Å². The predicted octanol–water partition coefficient (Wildman–Crippen LogP) is 4.07. The molecule has 0 heterocycles. The number of hydrogen-bond donors (Lipinski definition) is 1. The molecule has 124 valence electrons. The van der Waals surface area contributed by atoms with Crippen LogP contribution in [-0.2, 0) is 0 Å². The molecule has 8 heteroatoms. The number of ether oxygens (including phenoxy) is 2. The zero-order chi connectivity index (χ0) is 17.7. The van der Waals surface area contributed by atoms with E-state index in [1.807, 2.05) is 6.07 Å². The molecule has 0 aromatic heterocycles. The van der Waals surface area contributed by atoms with E-state index in [2.05, 4.69) is 10.1 Å². The lowest BCUT2D eigenvalue weighted by molar-refractivity contribution is -0.0512. The van der Waals surface area contributed by atoms with E-state index in [1.54, 1.807) is 0 Å². The van der Waals surface area contributed by atoms with Gasteiger partial charge in [-0.1, -0.05) is 11.6 Å². The van der Waals surface area contributed by atoms with E-state index in [1.165, 1.54) is 37.4 Å². The number of nitrogens with one attached hydrogen (secondary N) is 1. The van der Waals surface area contributed by atoms with Crippen molar-refractivity contribution >= 4 is 23.2 Å². The summed E-state index contributed by atoms with van der Waals surface area (Å²) in [5.74, 6) is -0.748. The lowest BCUT2D eigenvalue weighted by atomic mass is 10.1. The first-order chi connectivity index (χ1) is 11.4. The van der Waals surface area contributed by atoms with Gasteiger partial charge < -0.3 is 14.8 Å². The maximum absolute atomic E-state index is 12.4. The van der Waals surface area contributed by atoms with Gasteiger partial charge in [0, 0.05) is 11.3 Å². The predicted molar refractivity (Wildman–Crippen MR) is 83.7 cm³/mol. The van der Waals surface area contributed by atoms with Gasteiger partial charge in [-0.25, -0.2) is 0 Å². The van der Waals surface area contributed by atoms with Gasteiger partial charge in [0.05, 0.1) is 17.7 Å². The number of carbonyl (C=O) groups excluding carboxylic acids is 1. The lowest BCUT2D eigenvalue weighted by Gasteiger charge is -2.12. The average Bonchev–Trinajstić information content (AvgIpc) is 2.56. The minimum absolute atomic E-state index is 0.0742. The van der Waals surface area contributed by atoms with Crippen LogP contribution in [0, 0.1) is 11.3 Å². The molecule has 0 radical (unpaired) electrons. The molecule has 0 saturated heterocycles. The Morgan fingerprint density at radius 3 is 2.62 bits per heavy atom. The quantitative estimate of drug-likeness (QED) is 0.880. The molecule has 0 spiro atoms. The number of halogens is 3. The second kappa shape index (κ2) is 7.62. The minimum Gasteiger partial charge on any atom is -0.493 e. The Balaban J connectivity index is 2.25. The zero-order valence-electron chi connectivity index (χ0n) is 12.3. The van der Waals surface area contributed by atoms with Gasteiger partial charge in [-0.05, 0) is 36.4 Å². The largest absolute Gasteiger partial charge is 0.493 e. The molecule has 2 aromatic rings. The first-order valence-electron chi connectivity index (χ1n) is 6.58. The van der Waals surface area contributed by atoms with Gasteiger partial charge in [-0.15, -0.1) is 0 Å². The van der Waals surface area contributed by atoms with Gasteiger partial charge in [0.1, 0.15) is 6.07 Å². The number of carbonyl (C=O) groups is 1. The third kappa shape index (κ3) is 4.12. The molecule has 0 bridgehead atoms. The fourth-order valence-electron chi connectivity index (χ4n) is 1.90. The second-order valence-corrected chi connectivity index (χ2v) is 4.91. The van der Waals surface area contributed by atoms with Crippen LogP contribution in [0.5, 0.6) is 11.5 Å². The molecular formula is C16H11ClF2N2O3. The maximum Gasteiger partial charge on any atom is 0.387 e. The average molecular weight is 353 g/mol. The summed E-state index contributed by atoms with van der Waals surface area (Å²) in [5, 5.41) is 11.7. The van der Waals surface area contributed by atoms with E-state index in [0.29, 0.717) is 5.69 Å². The van der Waals surface area contributed by atoms with Crippen LogP contribution < -0.4 is 14.8 Å². The van der Waals surface area contributed by atoms with Gasteiger partial charge in [0.25, 0.3) is 5.91 Å². The second-order valence-electron chi connectivity index (χ2n) is 4.50. The highest BCUT2D eigenvalue weighted by molar-refractivity contribution is 6.31. The summed E-state index contributed by atoms with van der Waals surface area (Å²) < 4.78 is 34.1. The number of hydrogen-bond acceptors (Lipinski definition) is 4. The molecule has 0 aliphatic carbocycles. The molecular weight excluding hydrogens is 342 g/mol. The summed E-state index contributed by atoms with van der Waals surface area (Å²) in [4.78, 5) is 12.2. The number of nitriles is 1. The molecule has 1 N–H and O–H groups in total. The van der Waals surface area contributed by atoms with E-state index < -0.39 is 12.5 Å². The van der Waals surface area contributed by atoms with Crippen molar-refractivity contribution in [2.75, 3.05) is 12.4 Å². The maximum atomic E-state index is 12.4. The number of rotatable bonds is 5. The van der Waals surface area contributed by atoms with E-state index >= 15 is 0 Å². The fraction of sp³-hybridized carbons (Fsp3) is 0.125. The first-order valence-corrected chi connectivity index (χ1v) is 6.96. The first kappa shape index (κ1) is 17.5. The molecule has 0 unspecified atom stereocenters. The van der Waals surface area contributed by atoms with Crippen molar-refractivity contribution < 1.29 is 23.0 Å². The van der Waals surface area contributed by atoms with Crippen LogP contribution >= 0.6 is 11.6 Å². The van der Waals surface area contributed by atoms with E-state index in [4.69, 9.17) is 21.6 Å². The number of benzene rings is 2. The van der Waals surface area contributed by atoms with Crippen LogP contribution in [0.2, 0.25) is 5.02 Å². The normalized spacial score (nSPS) is 10.2. The van der Waals surface area contributed by atoms with Gasteiger partial charge >= 0.3 is 6.61 Å². The Kier molecular flexibility index (Phi) is 5.55. The summed E-state index contributed by atoms with van der Waals surface area (Å²) >= 11 is 5.82. The SMILES string of the molecule is COc1ccc(C(=O)Nc2ccc(Cl)c(C#N)c2)cc1OC(F)F. The number of nitrogens with zero attached hydrogens (tertiary/aromatic N) is 1. The topological polar surface area (TPSA) is 71.3 Å². The summed E-state index contributed by atoms with van der Waals surface area (Å²) in [6, 6.07) is 10.2. The molecule has 0 atom stereocenters. The van der Waals surface area contributed by atoms with Crippen molar-refractivity contribution in [1.82, 2.24) is 0 Å². The molecule has 5 nitrogen and oxygen atoms in total. The summed E-state index contributed by atoms with van der Waals surface area (Å²) in [6.07, 6.45) is 0. The van der Waals surface area contributed by atoms with Crippen LogP contribution in [0.1, 0.15) is 15.9 Å². The van der Waals surface area contributed by atoms with Gasteiger partial charge in [0.2, 0.25) is 0 Å². The molecule has 0 fully saturated rings. The van der Waals surface area contributed by atoms with Crippen molar-refractivity contribution in [3.8, 4) is 17.6 Å². The standard InChI is InChI=1S/C16H11ClF2N2O3/c1-23-13-5-2-9(7-14(13)24-16(18)19)15(22)21-11-3-4-12(17)10(6-11)8-20/h2-7,16H,1H3,(H,21,22). The summed E-state index contributed by atoms with van der Waals surface area (Å²) in [7, 11) is 1.30. The van der Waals surface area contributed by atoms with Crippen LogP contribution in [0.15, 0.2) is 36.4 Å². The monoisotopic (exact) mass is 352 g/mol. The molecule has 2 rings (SSSR count). The molecule has 0 aliphatic rings. The van der Waals surface area contributed by atoms with E-state index in [-0.39, 0.29) is 27.6 Å². The number of methoxy groups -OCH3 is 1. The number of anilines is 1. The Labute approximate surface area is 141 Å². The van der Waals surface area contributed by atoms with Crippen LogP contribution in [0.3, 0.4) is 0 Å². The van der Waals surface area contributed by atoms with Crippen molar-refractivity contribution in [3.05, 3.63) is 52.5 Å². The van der Waals surface area contributed by atoms with Crippen LogP contribution in [0.4, 0.5) is 14.5 Å². The Morgan fingerprint density at radius 2 is 2.00 bits per heavy atom. The Bertz CT molecular complexity index is 806. The summed E-state index contributed by atoms with van der Waals surface area (Å²) in [6.45, 7) is -3.05. The lowest BCUT2D eigenvalue weighted by Crippen LogP contribution is -2.13. The molecule has 2 aromatic carbocycles. The smallest absolute Gasteiger partial charge is 0.387 e. The van der Waals surface area contributed by atoms with E-state index in [0.717, 1.165) is 6.07 Å². The van der Waals surface area contributed by atoms with Crippen LogP contribution in [0.25, 0.3) is 0 Å². The highest BCUT2D eigenvalue weighted by Gasteiger charge is 2.15. The minimum atomic E-state index is -3.05. The molecule has 0 aliphatic heterocycles. The van der Waals surface area contributed by atoms with Crippen molar-refractivity contribution in [1.29, 1.82) is 5.26 Å². The third-order valence-electron chi connectivity index (χ3n) is 2.99. The molecule has 24 heavy (non-hydrogen) atoms. The Morgan fingerprint density at radius 1 is 1.25 bits per heavy atom. The number of alkyl halides is 2. The molecule has 0 saturated carbocycles. The molecule has 1 amide bonds. The fourth-order valence-corrected chi connectivity index (χ4v) is 2.06. The summed E-state index contributed by atoms with van der Waals surface area (Å²) in [5.41, 5.74) is 0.624. The van der Waals surface area contributed by atoms with Crippen molar-refractivity contribution in [2.24, 2.45) is 0 Å². The zero-order valence-corrected chi connectivity index (χ0v) is 13.1. The Hall–Kier alpha value is -2.85. The highest BCUT2D eigenvalue weighted by atomic mass is 35.5. The number of amides is 1. The van der Waals surface area contributed by atoms with Gasteiger partial charge in [0.15, 0.2) is 11.5 Å². The van der Waals surface area contributed by atoms with E-state index in [9.17, 15) is 13.6 Å².